The zero-order chi connectivity index (χ0) is 11.4. The van der Waals surface area contributed by atoms with E-state index in [4.69, 9.17) is 21.1 Å². The van der Waals surface area contributed by atoms with Crippen molar-refractivity contribution < 1.29 is 9.47 Å². The lowest BCUT2D eigenvalue weighted by molar-refractivity contribution is 0.109. The van der Waals surface area contributed by atoms with Crippen molar-refractivity contribution in [3.05, 3.63) is 11.5 Å². The maximum atomic E-state index is 5.74. The summed E-state index contributed by atoms with van der Waals surface area (Å²) in [6, 6.07) is 0. The van der Waals surface area contributed by atoms with Crippen molar-refractivity contribution in [3.63, 3.8) is 0 Å². The highest BCUT2D eigenvalue weighted by Crippen LogP contribution is 2.21. The van der Waals surface area contributed by atoms with Gasteiger partial charge >= 0.3 is 0 Å². The predicted octanol–water partition coefficient (Wildman–Crippen LogP) is 1.42. The molecule has 0 fully saturated rings. The fraction of sp³-hybridized carbons (Fsp3) is 0.444. The second kappa shape index (κ2) is 5.09. The predicted molar refractivity (Wildman–Crippen MR) is 58.7 cm³/mol. The molecular formula is C9H11ClN4O2. The van der Waals surface area contributed by atoms with Gasteiger partial charge in [-0.2, -0.15) is 15.1 Å². The number of hydrogen-bond acceptors (Lipinski definition) is 5. The molecule has 0 spiro atoms. The zero-order valence-electron chi connectivity index (χ0n) is 8.73. The summed E-state index contributed by atoms with van der Waals surface area (Å²) in [5.41, 5.74) is 0.561. The van der Waals surface area contributed by atoms with E-state index >= 15 is 0 Å². The highest BCUT2D eigenvalue weighted by atomic mass is 35.5. The summed E-state index contributed by atoms with van der Waals surface area (Å²) in [5, 5.41) is 7.39. The van der Waals surface area contributed by atoms with E-state index in [2.05, 4.69) is 20.2 Å². The first-order valence-electron chi connectivity index (χ1n) is 4.88. The van der Waals surface area contributed by atoms with Crippen molar-refractivity contribution in [2.75, 3.05) is 19.8 Å². The van der Waals surface area contributed by atoms with Crippen LogP contribution in [-0.4, -0.2) is 40.0 Å². The van der Waals surface area contributed by atoms with E-state index in [-0.39, 0.29) is 5.28 Å². The molecule has 2 rings (SSSR count). The number of nitrogens with one attached hydrogen (secondary N) is 1. The van der Waals surface area contributed by atoms with Gasteiger partial charge in [-0.25, -0.2) is 0 Å². The molecule has 0 aliphatic heterocycles. The normalized spacial score (nSPS) is 10.9. The Morgan fingerprint density at radius 2 is 2.25 bits per heavy atom. The number of aromatic amines is 1. The lowest BCUT2D eigenvalue weighted by atomic mass is 10.4. The molecule has 0 aliphatic rings. The van der Waals surface area contributed by atoms with Gasteiger partial charge < -0.3 is 9.47 Å². The number of aromatic nitrogens is 4. The summed E-state index contributed by atoms with van der Waals surface area (Å²) in [6.45, 7) is 3.52. The van der Waals surface area contributed by atoms with Crippen molar-refractivity contribution >= 4 is 22.6 Å². The SMILES string of the molecule is CCOCCOc1nc(Cl)nc2[nH]ncc12. The third kappa shape index (κ3) is 2.40. The Hall–Kier alpha value is -1.40. The molecule has 7 heteroatoms. The van der Waals surface area contributed by atoms with E-state index in [9.17, 15) is 0 Å². The highest BCUT2D eigenvalue weighted by molar-refractivity contribution is 6.28. The Labute approximate surface area is 96.9 Å². The first-order valence-corrected chi connectivity index (χ1v) is 5.26. The Kier molecular flexibility index (Phi) is 3.53. The van der Waals surface area contributed by atoms with E-state index in [1.165, 1.54) is 0 Å². The largest absolute Gasteiger partial charge is 0.475 e. The number of rotatable bonds is 5. The van der Waals surface area contributed by atoms with Gasteiger partial charge in [0.15, 0.2) is 5.65 Å². The fourth-order valence-corrected chi connectivity index (χ4v) is 1.40. The molecule has 1 N–H and O–H groups in total. The van der Waals surface area contributed by atoms with E-state index in [1.54, 1.807) is 6.20 Å². The summed E-state index contributed by atoms with van der Waals surface area (Å²) in [5.74, 6) is 0.420. The first-order chi connectivity index (χ1) is 7.81. The van der Waals surface area contributed by atoms with E-state index in [0.717, 1.165) is 0 Å². The Bertz CT molecular complexity index is 473. The van der Waals surface area contributed by atoms with Gasteiger partial charge in [-0.15, -0.1) is 0 Å². The molecule has 0 aromatic carbocycles. The van der Waals surface area contributed by atoms with Crippen LogP contribution in [0.25, 0.3) is 11.0 Å². The second-order valence-corrected chi connectivity index (χ2v) is 3.31. The van der Waals surface area contributed by atoms with Crippen LogP contribution in [0.3, 0.4) is 0 Å². The highest BCUT2D eigenvalue weighted by Gasteiger charge is 2.09. The van der Waals surface area contributed by atoms with Crippen LogP contribution in [0.5, 0.6) is 5.88 Å². The molecule has 6 nitrogen and oxygen atoms in total. The molecule has 2 heterocycles. The molecule has 0 saturated carbocycles. The lowest BCUT2D eigenvalue weighted by Gasteiger charge is -2.05. The minimum absolute atomic E-state index is 0.128. The number of H-pyrrole nitrogens is 1. The minimum atomic E-state index is 0.128. The number of hydrogen-bond donors (Lipinski definition) is 1. The number of halogens is 1. The third-order valence-corrected chi connectivity index (χ3v) is 2.09. The molecule has 0 radical (unpaired) electrons. The summed E-state index contributed by atoms with van der Waals surface area (Å²) in [6.07, 6.45) is 1.60. The molecule has 2 aromatic rings. The average molecular weight is 243 g/mol. The van der Waals surface area contributed by atoms with Crippen molar-refractivity contribution in [3.8, 4) is 5.88 Å². The van der Waals surface area contributed by atoms with Crippen LogP contribution in [-0.2, 0) is 4.74 Å². The van der Waals surface area contributed by atoms with E-state index < -0.39 is 0 Å². The van der Waals surface area contributed by atoms with Crippen LogP contribution < -0.4 is 4.74 Å². The second-order valence-electron chi connectivity index (χ2n) is 2.98. The van der Waals surface area contributed by atoms with Crippen LogP contribution in [0.1, 0.15) is 6.92 Å². The summed E-state index contributed by atoms with van der Waals surface area (Å²) < 4.78 is 10.6. The third-order valence-electron chi connectivity index (χ3n) is 1.92. The molecule has 0 unspecified atom stereocenters. The maximum Gasteiger partial charge on any atom is 0.229 e. The molecule has 0 amide bonds. The molecule has 2 aromatic heterocycles. The number of nitrogens with zero attached hydrogens (tertiary/aromatic N) is 3. The van der Waals surface area contributed by atoms with Crippen LogP contribution in [0.2, 0.25) is 5.28 Å². The molecule has 86 valence electrons. The molecule has 16 heavy (non-hydrogen) atoms. The van der Waals surface area contributed by atoms with Gasteiger partial charge in [-0.3, -0.25) is 5.10 Å². The quantitative estimate of drug-likeness (QED) is 0.634. The van der Waals surface area contributed by atoms with Gasteiger partial charge in [0.2, 0.25) is 11.2 Å². The van der Waals surface area contributed by atoms with Gasteiger partial charge in [0.25, 0.3) is 0 Å². The van der Waals surface area contributed by atoms with Gasteiger partial charge in [-0.1, -0.05) is 0 Å². The van der Waals surface area contributed by atoms with E-state index in [1.807, 2.05) is 6.92 Å². The van der Waals surface area contributed by atoms with Crippen LogP contribution in [0.4, 0.5) is 0 Å². The summed E-state index contributed by atoms with van der Waals surface area (Å²) in [7, 11) is 0. The molecule has 0 saturated heterocycles. The Morgan fingerprint density at radius 1 is 1.38 bits per heavy atom. The Balaban J connectivity index is 2.12. The summed E-state index contributed by atoms with van der Waals surface area (Å²) in [4.78, 5) is 7.95. The van der Waals surface area contributed by atoms with Gasteiger partial charge in [0, 0.05) is 6.61 Å². The topological polar surface area (TPSA) is 72.9 Å². The van der Waals surface area contributed by atoms with Gasteiger partial charge in [-0.05, 0) is 18.5 Å². The zero-order valence-corrected chi connectivity index (χ0v) is 9.49. The molecule has 0 aliphatic carbocycles. The standard InChI is InChI=1S/C9H11ClN4O2/c1-2-15-3-4-16-8-6-5-11-14-7(6)12-9(10)13-8/h5H,2-4H2,1H3,(H,11,12,13,14). The Morgan fingerprint density at radius 3 is 3.06 bits per heavy atom. The van der Waals surface area contributed by atoms with Crippen LogP contribution >= 0.6 is 11.6 Å². The smallest absolute Gasteiger partial charge is 0.229 e. The van der Waals surface area contributed by atoms with Gasteiger partial charge in [0.1, 0.15) is 12.0 Å². The molecule has 0 bridgehead atoms. The van der Waals surface area contributed by atoms with Crippen LogP contribution in [0, 0.1) is 0 Å². The number of fused-ring (bicyclic) bond motifs is 1. The minimum Gasteiger partial charge on any atom is -0.475 e. The summed E-state index contributed by atoms with van der Waals surface area (Å²) >= 11 is 5.74. The maximum absolute atomic E-state index is 5.74. The average Bonchev–Trinajstić information content (AvgIpc) is 2.72. The van der Waals surface area contributed by atoms with E-state index in [0.29, 0.717) is 36.7 Å². The van der Waals surface area contributed by atoms with Gasteiger partial charge in [0.05, 0.1) is 12.8 Å². The van der Waals surface area contributed by atoms with Crippen molar-refractivity contribution in [1.29, 1.82) is 0 Å². The van der Waals surface area contributed by atoms with Crippen molar-refractivity contribution in [1.82, 2.24) is 20.2 Å². The fourth-order valence-electron chi connectivity index (χ4n) is 1.23. The molecular weight excluding hydrogens is 232 g/mol. The lowest BCUT2D eigenvalue weighted by Crippen LogP contribution is -2.07. The monoisotopic (exact) mass is 242 g/mol. The first kappa shape index (κ1) is 11.1. The number of ether oxygens (including phenoxy) is 2. The van der Waals surface area contributed by atoms with Crippen molar-refractivity contribution in [2.45, 2.75) is 6.92 Å². The van der Waals surface area contributed by atoms with Crippen molar-refractivity contribution in [2.24, 2.45) is 0 Å². The van der Waals surface area contributed by atoms with Crippen LogP contribution in [0.15, 0.2) is 6.20 Å². The molecule has 0 atom stereocenters.